The summed E-state index contributed by atoms with van der Waals surface area (Å²) in [6.07, 6.45) is 2.22. The summed E-state index contributed by atoms with van der Waals surface area (Å²) in [6, 6.07) is 17.8. The lowest BCUT2D eigenvalue weighted by molar-refractivity contribution is -0.595. The Morgan fingerprint density at radius 1 is 0.864 bits per heavy atom. The number of hydrogen-bond donors (Lipinski definition) is 5. The lowest BCUT2D eigenvalue weighted by atomic mass is 9.49. The van der Waals surface area contributed by atoms with Crippen molar-refractivity contribution in [2.45, 2.75) is 130 Å². The van der Waals surface area contributed by atoms with Gasteiger partial charge in [-0.1, -0.05) is 74.5 Å². The molecule has 316 valence electrons. The van der Waals surface area contributed by atoms with Gasteiger partial charge in [-0.2, -0.15) is 0 Å². The van der Waals surface area contributed by atoms with Crippen molar-refractivity contribution in [1.29, 1.82) is 0 Å². The molecular formula is C46H54O13. The lowest BCUT2D eigenvalue weighted by Crippen LogP contribution is -2.89. The van der Waals surface area contributed by atoms with Gasteiger partial charge in [-0.15, -0.1) is 0 Å². The summed E-state index contributed by atoms with van der Waals surface area (Å²) in [5.74, 6) is -6.38. The average molecular weight is 815 g/mol. The Morgan fingerprint density at radius 3 is 2.24 bits per heavy atom. The highest BCUT2D eigenvalue weighted by Crippen LogP contribution is 2.75. The first kappa shape index (κ1) is 39.6. The van der Waals surface area contributed by atoms with Gasteiger partial charge in [-0.05, 0) is 81.4 Å². The van der Waals surface area contributed by atoms with Crippen molar-refractivity contribution in [2.75, 3.05) is 6.61 Å². The van der Waals surface area contributed by atoms with E-state index in [1.807, 2.05) is 38.1 Å². The fourth-order valence-corrected chi connectivity index (χ4v) is 13.0. The van der Waals surface area contributed by atoms with Crippen LogP contribution in [0.25, 0.3) is 0 Å². The number of aliphatic hydroxyl groups is 5. The van der Waals surface area contributed by atoms with Crippen LogP contribution in [0.5, 0.6) is 0 Å². The fourth-order valence-electron chi connectivity index (χ4n) is 13.0. The number of carbonyl (C=O) groups excluding carboxylic acids is 2. The van der Waals surface area contributed by atoms with Gasteiger partial charge in [-0.3, -0.25) is 0 Å². The van der Waals surface area contributed by atoms with Crippen LogP contribution in [-0.2, 0) is 39.2 Å². The molecule has 1 spiro atoms. The zero-order valence-electron chi connectivity index (χ0n) is 33.5. The summed E-state index contributed by atoms with van der Waals surface area (Å²) in [6.45, 7) is 4.62. The second-order valence-electron chi connectivity index (χ2n) is 18.9. The molecule has 4 saturated carbocycles. The number of esters is 2. The number of aliphatic hydroxyl groups excluding tert-OH is 2. The van der Waals surface area contributed by atoms with E-state index >= 15 is 0 Å². The van der Waals surface area contributed by atoms with Crippen LogP contribution in [0.4, 0.5) is 0 Å². The smallest absolute Gasteiger partial charge is 0.338 e. The zero-order chi connectivity index (χ0) is 41.3. The van der Waals surface area contributed by atoms with Gasteiger partial charge >= 0.3 is 17.9 Å². The van der Waals surface area contributed by atoms with Crippen molar-refractivity contribution in [1.82, 2.24) is 0 Å². The summed E-state index contributed by atoms with van der Waals surface area (Å²) in [4.78, 5) is 27.0. The Bertz CT molecular complexity index is 2030. The predicted molar refractivity (Wildman–Crippen MR) is 207 cm³/mol. The van der Waals surface area contributed by atoms with Crippen LogP contribution in [-0.4, -0.2) is 109 Å². The van der Waals surface area contributed by atoms with Gasteiger partial charge in [0.15, 0.2) is 0 Å². The predicted octanol–water partition coefficient (Wildman–Crippen LogP) is 3.45. The minimum Gasteiger partial charge on any atom is -0.456 e. The number of carbonyl (C=O) groups is 2. The molecule has 0 amide bonds. The fraction of sp³-hybridized carbons (Fsp3) is 0.609. The molecule has 0 radical (unpaired) electrons. The van der Waals surface area contributed by atoms with Gasteiger partial charge < -0.3 is 54.0 Å². The summed E-state index contributed by atoms with van der Waals surface area (Å²) in [5.41, 5.74) is -8.37. The van der Waals surface area contributed by atoms with Crippen molar-refractivity contribution < 1.29 is 63.5 Å². The van der Waals surface area contributed by atoms with Crippen molar-refractivity contribution >= 4 is 11.9 Å². The quantitative estimate of drug-likeness (QED) is 0.223. The van der Waals surface area contributed by atoms with E-state index in [0.717, 1.165) is 0 Å². The van der Waals surface area contributed by atoms with Crippen LogP contribution in [0.3, 0.4) is 0 Å². The standard InChI is InChI=1S/C46H54O13/c1-25-22-32-43(52)35(25)55-33(48)17-11-10-16-31(54-39(49)29-12-6-4-7-13-29)28-20-18-27(19-21-28)23-41(3,51)45(53)36-26(2)44(32)34(37-42(24-47,56-37)40(43)50)38(45)58-46(57-36,59-44)30-14-8-5-9-15-30/h4-17,25-28,31-32,34-38,40,47,50-53H,18-24H2,1-3H3/b16-10-,17-11+/t25-,26+,27?,28?,31+,32+,34-,35-,36-,37-,38+,40+,41+,42-,43+,44-,45-,46?/m0/s1. The molecule has 13 nitrogen and oxygen atoms in total. The van der Waals surface area contributed by atoms with E-state index in [9.17, 15) is 35.1 Å². The molecule has 0 aromatic heterocycles. The van der Waals surface area contributed by atoms with Crippen molar-refractivity contribution in [3.63, 3.8) is 0 Å². The molecule has 6 aliphatic heterocycles. The van der Waals surface area contributed by atoms with Crippen LogP contribution in [0.1, 0.15) is 75.2 Å². The number of allylic oxidation sites excluding steroid dienone is 2. The molecule has 8 fully saturated rings. The van der Waals surface area contributed by atoms with Crippen LogP contribution in [0.2, 0.25) is 0 Å². The number of rotatable bonds is 4. The molecule has 6 heterocycles. The third-order valence-electron chi connectivity index (χ3n) is 15.9. The minimum atomic E-state index is -2.22. The van der Waals surface area contributed by atoms with E-state index < -0.39 is 113 Å². The number of hydrogen-bond acceptors (Lipinski definition) is 13. The SMILES string of the molecule is C[C@@H]1[C@@H]2OC3(c4ccccc4)O[C@@H]4[C@@H]5[C@@H]6O[C@]6(CO)[C@@H](O)[C@@]6(O)[C@@H](C[C@H](C)[C@@H]6OC(=O)/C=C/C=C\[C@@H](OC(=O)c6ccccc6)C6CCC(CC6)C[C@@](C)(O)[C@@]42O)[C@]51O3. The van der Waals surface area contributed by atoms with Gasteiger partial charge in [0.25, 0.3) is 0 Å². The second-order valence-corrected chi connectivity index (χ2v) is 18.9. The van der Waals surface area contributed by atoms with Crippen LogP contribution < -0.4 is 0 Å². The van der Waals surface area contributed by atoms with E-state index in [0.29, 0.717) is 36.8 Å². The van der Waals surface area contributed by atoms with Gasteiger partial charge in [0.2, 0.25) is 0 Å². The van der Waals surface area contributed by atoms with E-state index in [1.165, 1.54) is 12.2 Å². The van der Waals surface area contributed by atoms with E-state index in [-0.39, 0.29) is 24.7 Å². The molecule has 16 atom stereocenters. The van der Waals surface area contributed by atoms with Gasteiger partial charge in [-0.25, -0.2) is 9.59 Å². The minimum absolute atomic E-state index is 0.0352. The molecule has 13 heteroatoms. The highest BCUT2D eigenvalue weighted by atomic mass is 16.9. The Hall–Kier alpha value is -3.50. The van der Waals surface area contributed by atoms with Crippen molar-refractivity contribution in [2.24, 2.45) is 35.5 Å². The molecule has 1 unspecified atom stereocenters. The second kappa shape index (κ2) is 13.5. The number of epoxide rings is 1. The largest absolute Gasteiger partial charge is 0.456 e. The van der Waals surface area contributed by atoms with Crippen molar-refractivity contribution in [3.05, 3.63) is 96.1 Å². The van der Waals surface area contributed by atoms with E-state index in [4.69, 9.17) is 28.4 Å². The number of fused-ring (bicyclic) bond motifs is 8. The summed E-state index contributed by atoms with van der Waals surface area (Å²) >= 11 is 0. The summed E-state index contributed by atoms with van der Waals surface area (Å²) in [5, 5.41) is 63.2. The van der Waals surface area contributed by atoms with Crippen LogP contribution in [0.15, 0.2) is 85.0 Å². The summed E-state index contributed by atoms with van der Waals surface area (Å²) in [7, 11) is 0. The van der Waals surface area contributed by atoms with E-state index in [1.54, 1.807) is 55.5 Å². The molecule has 12 rings (SSSR count). The molecule has 59 heavy (non-hydrogen) atoms. The maximum atomic E-state index is 13.7. The molecular weight excluding hydrogens is 760 g/mol. The normalized spacial score (nSPS) is 51.7. The molecule has 4 saturated heterocycles. The van der Waals surface area contributed by atoms with Crippen molar-refractivity contribution in [3.8, 4) is 0 Å². The lowest BCUT2D eigenvalue weighted by Gasteiger charge is -2.74. The Labute approximate surface area is 342 Å². The van der Waals surface area contributed by atoms with Crippen LogP contribution in [0, 0.1) is 35.5 Å². The number of benzene rings is 2. The topological polar surface area (TPSA) is 194 Å². The van der Waals surface area contributed by atoms with Gasteiger partial charge in [0.05, 0.1) is 23.4 Å². The molecule has 10 aliphatic rings. The molecule has 2 aromatic carbocycles. The first-order valence-electron chi connectivity index (χ1n) is 21.2. The third-order valence-corrected chi connectivity index (χ3v) is 15.9. The average Bonchev–Trinajstić information content (AvgIpc) is 3.92. The van der Waals surface area contributed by atoms with Gasteiger partial charge in [0, 0.05) is 29.4 Å². The monoisotopic (exact) mass is 814 g/mol. The van der Waals surface area contributed by atoms with E-state index in [2.05, 4.69) is 0 Å². The maximum absolute atomic E-state index is 13.7. The first-order valence-corrected chi connectivity index (χ1v) is 21.2. The Kier molecular flexibility index (Phi) is 9.07. The maximum Gasteiger partial charge on any atom is 0.338 e. The molecule has 5 N–H and O–H groups in total. The molecule has 2 aromatic rings. The zero-order valence-corrected chi connectivity index (χ0v) is 33.5. The Morgan fingerprint density at radius 2 is 1.54 bits per heavy atom. The molecule has 10 bridgehead atoms. The molecule has 4 aliphatic carbocycles. The number of ether oxygens (including phenoxy) is 6. The highest BCUT2D eigenvalue weighted by Gasteiger charge is 2.91. The van der Waals surface area contributed by atoms with Crippen LogP contribution >= 0.6 is 0 Å². The Balaban J connectivity index is 1.11. The van der Waals surface area contributed by atoms with Gasteiger partial charge in [0.1, 0.15) is 53.4 Å². The third kappa shape index (κ3) is 5.35. The first-order chi connectivity index (χ1) is 28.2. The highest BCUT2D eigenvalue weighted by molar-refractivity contribution is 5.89. The summed E-state index contributed by atoms with van der Waals surface area (Å²) < 4.78 is 39.5.